The summed E-state index contributed by atoms with van der Waals surface area (Å²) in [6, 6.07) is 15.8. The molecule has 2 aromatic carbocycles. The first-order chi connectivity index (χ1) is 15.5. The van der Waals surface area contributed by atoms with Crippen molar-refractivity contribution < 1.29 is 13.9 Å². The van der Waals surface area contributed by atoms with Crippen LogP contribution in [0.15, 0.2) is 57.9 Å². The summed E-state index contributed by atoms with van der Waals surface area (Å²) in [6.07, 6.45) is 0. The van der Waals surface area contributed by atoms with Crippen LogP contribution in [0.2, 0.25) is 0 Å². The van der Waals surface area contributed by atoms with Crippen LogP contribution in [0.25, 0.3) is 33.4 Å². The van der Waals surface area contributed by atoms with Gasteiger partial charge >= 0.3 is 5.97 Å². The number of carbonyl (C=O) groups is 1. The highest BCUT2D eigenvalue weighted by atomic mass is 16.5. The van der Waals surface area contributed by atoms with E-state index in [-0.39, 0.29) is 5.97 Å². The molecule has 0 saturated carbocycles. The van der Waals surface area contributed by atoms with E-state index in [1.165, 1.54) is 7.11 Å². The van der Waals surface area contributed by atoms with E-state index in [9.17, 15) is 4.79 Å². The number of hydrogen-bond acceptors (Lipinski definition) is 5. The molecule has 1 aliphatic carbocycles. The Morgan fingerprint density at radius 1 is 1.03 bits per heavy atom. The van der Waals surface area contributed by atoms with Gasteiger partial charge in [0.15, 0.2) is 0 Å². The first-order valence-electron chi connectivity index (χ1n) is 10.9. The number of aryl methyl sites for hydroxylation is 2. The fraction of sp³-hybridized carbons (Fsp3) is 0.259. The smallest absolute Gasteiger partial charge is 0.338 e. The van der Waals surface area contributed by atoms with Gasteiger partial charge in [0.05, 0.1) is 18.0 Å². The summed E-state index contributed by atoms with van der Waals surface area (Å²) in [5.41, 5.74) is 7.20. The molecule has 0 radical (unpaired) electrons. The summed E-state index contributed by atoms with van der Waals surface area (Å²) >= 11 is 0. The third-order valence-corrected chi connectivity index (χ3v) is 5.68. The third kappa shape index (κ3) is 3.75. The fourth-order valence-electron chi connectivity index (χ4n) is 4.19. The summed E-state index contributed by atoms with van der Waals surface area (Å²) in [5.74, 6) is 0.370. The summed E-state index contributed by atoms with van der Waals surface area (Å²) in [4.78, 5) is 17.2. The summed E-state index contributed by atoms with van der Waals surface area (Å²) in [5, 5.41) is 5.27. The second-order valence-electron chi connectivity index (χ2n) is 7.82. The quantitative estimate of drug-likeness (QED) is 0.315. The predicted octanol–water partition coefficient (Wildman–Crippen LogP) is 5.96. The van der Waals surface area contributed by atoms with Crippen molar-refractivity contribution >= 4 is 22.6 Å². The van der Waals surface area contributed by atoms with Gasteiger partial charge in [-0.15, -0.1) is 0 Å². The number of nitrogens with one attached hydrogen (secondary N) is 1. The van der Waals surface area contributed by atoms with Crippen LogP contribution in [0.1, 0.15) is 35.3 Å². The van der Waals surface area contributed by atoms with Gasteiger partial charge in [-0.05, 0) is 62.6 Å². The molecule has 1 N–H and O–H groups in total. The molecular formula is C27H28N2O3. The van der Waals surface area contributed by atoms with Crippen LogP contribution in [0.5, 0.6) is 0 Å². The van der Waals surface area contributed by atoms with Gasteiger partial charge in [0.25, 0.3) is 0 Å². The van der Waals surface area contributed by atoms with Crippen LogP contribution in [-0.2, 0) is 4.74 Å². The Balaban J connectivity index is 2.18. The number of anilines is 1. The van der Waals surface area contributed by atoms with Crippen molar-refractivity contribution in [3.8, 4) is 22.5 Å². The molecule has 0 amide bonds. The highest BCUT2D eigenvalue weighted by Gasteiger charge is 2.23. The fourth-order valence-corrected chi connectivity index (χ4v) is 4.19. The first-order valence-corrected chi connectivity index (χ1v) is 10.9. The Labute approximate surface area is 188 Å². The Morgan fingerprint density at radius 3 is 2.53 bits per heavy atom. The van der Waals surface area contributed by atoms with Gasteiger partial charge in [-0.1, -0.05) is 18.2 Å². The van der Waals surface area contributed by atoms with Gasteiger partial charge in [-0.2, -0.15) is 0 Å². The zero-order chi connectivity index (χ0) is 22.8. The minimum atomic E-state index is -0.363. The second kappa shape index (κ2) is 8.87. The molecule has 2 aromatic rings. The molecule has 1 aliphatic heterocycles. The minimum absolute atomic E-state index is 0.363. The van der Waals surface area contributed by atoms with E-state index in [1.54, 1.807) is 6.07 Å². The molecule has 164 valence electrons. The van der Waals surface area contributed by atoms with E-state index in [2.05, 4.69) is 36.3 Å². The lowest BCUT2D eigenvalue weighted by molar-refractivity contribution is 0.0601. The summed E-state index contributed by atoms with van der Waals surface area (Å²) in [7, 11) is 1.41. The summed E-state index contributed by atoms with van der Waals surface area (Å²) in [6.45, 7) is 9.73. The lowest BCUT2D eigenvalue weighted by atomic mass is 9.89. The monoisotopic (exact) mass is 428 g/mol. The number of nitrogens with zero attached hydrogens (tertiary/aromatic N) is 1. The molecule has 0 bridgehead atoms. The average Bonchev–Trinajstić information content (AvgIpc) is 2.79. The van der Waals surface area contributed by atoms with Gasteiger partial charge in [-0.25, -0.2) is 4.79 Å². The van der Waals surface area contributed by atoms with Gasteiger partial charge in [-0.3, -0.25) is 4.99 Å². The molecular weight excluding hydrogens is 400 g/mol. The zero-order valence-electron chi connectivity index (χ0n) is 19.2. The van der Waals surface area contributed by atoms with Crippen LogP contribution in [-0.4, -0.2) is 26.2 Å². The first kappa shape index (κ1) is 21.6. The van der Waals surface area contributed by atoms with E-state index in [1.807, 2.05) is 44.2 Å². The van der Waals surface area contributed by atoms with Gasteiger partial charge in [0.1, 0.15) is 11.3 Å². The maximum Gasteiger partial charge on any atom is 0.338 e. The van der Waals surface area contributed by atoms with Gasteiger partial charge in [0.2, 0.25) is 0 Å². The number of esters is 1. The molecule has 32 heavy (non-hydrogen) atoms. The SMILES string of the molecule is CCN=c1cc2oc3cc(NCC)c(C)cc3c(-c3ccccc3C(=O)OC)c-2cc1C. The van der Waals surface area contributed by atoms with Gasteiger partial charge in [0, 0.05) is 47.4 Å². The number of ether oxygens (including phenoxy) is 1. The number of fused-ring (bicyclic) bond motifs is 2. The van der Waals surface area contributed by atoms with Crippen LogP contribution >= 0.6 is 0 Å². The van der Waals surface area contributed by atoms with E-state index < -0.39 is 0 Å². The van der Waals surface area contributed by atoms with Crippen molar-refractivity contribution in [2.24, 2.45) is 4.99 Å². The minimum Gasteiger partial charge on any atom is -0.465 e. The van der Waals surface area contributed by atoms with Crippen molar-refractivity contribution in [3.63, 3.8) is 0 Å². The Morgan fingerprint density at radius 2 is 1.81 bits per heavy atom. The molecule has 4 rings (SSSR count). The number of benzene rings is 3. The normalized spacial score (nSPS) is 11.8. The average molecular weight is 429 g/mol. The molecule has 5 heteroatoms. The molecule has 0 spiro atoms. The Kier molecular flexibility index (Phi) is 5.99. The molecule has 5 nitrogen and oxygen atoms in total. The number of hydrogen-bond donors (Lipinski definition) is 1. The third-order valence-electron chi connectivity index (χ3n) is 5.68. The van der Waals surface area contributed by atoms with E-state index >= 15 is 0 Å². The highest BCUT2D eigenvalue weighted by Crippen LogP contribution is 2.42. The predicted molar refractivity (Wildman–Crippen MR) is 129 cm³/mol. The number of methoxy groups -OCH3 is 1. The molecule has 0 fully saturated rings. The van der Waals surface area contributed by atoms with Crippen LogP contribution < -0.4 is 10.7 Å². The largest absolute Gasteiger partial charge is 0.465 e. The van der Waals surface area contributed by atoms with E-state index in [0.717, 1.165) is 62.1 Å². The van der Waals surface area contributed by atoms with Crippen molar-refractivity contribution in [2.45, 2.75) is 27.7 Å². The molecule has 0 saturated heterocycles. The molecule has 2 aliphatic rings. The lowest BCUT2D eigenvalue weighted by Gasteiger charge is -2.19. The van der Waals surface area contributed by atoms with Crippen LogP contribution in [0.3, 0.4) is 0 Å². The second-order valence-corrected chi connectivity index (χ2v) is 7.82. The van der Waals surface area contributed by atoms with Crippen molar-refractivity contribution in [3.05, 3.63) is 70.6 Å². The number of rotatable bonds is 5. The highest BCUT2D eigenvalue weighted by molar-refractivity contribution is 6.08. The Hall–Kier alpha value is -3.60. The topological polar surface area (TPSA) is 63.8 Å². The van der Waals surface area contributed by atoms with Crippen molar-refractivity contribution in [2.75, 3.05) is 25.5 Å². The lowest BCUT2D eigenvalue weighted by Crippen LogP contribution is -2.10. The summed E-state index contributed by atoms with van der Waals surface area (Å²) < 4.78 is 11.5. The van der Waals surface area contributed by atoms with Crippen LogP contribution in [0.4, 0.5) is 5.69 Å². The molecule has 0 atom stereocenters. The molecule has 0 aromatic heterocycles. The van der Waals surface area contributed by atoms with Gasteiger partial charge < -0.3 is 14.5 Å². The van der Waals surface area contributed by atoms with Crippen molar-refractivity contribution in [1.29, 1.82) is 0 Å². The van der Waals surface area contributed by atoms with E-state index in [0.29, 0.717) is 12.1 Å². The molecule has 1 heterocycles. The zero-order valence-corrected chi connectivity index (χ0v) is 19.2. The maximum atomic E-state index is 12.6. The molecule has 0 unspecified atom stereocenters. The Bertz CT molecular complexity index is 1350. The van der Waals surface area contributed by atoms with E-state index in [4.69, 9.17) is 9.15 Å². The number of carbonyl (C=O) groups excluding carboxylic acids is 1. The van der Waals surface area contributed by atoms with Crippen molar-refractivity contribution in [1.82, 2.24) is 0 Å². The standard InChI is InChI=1S/C27H28N2O3/c1-6-28-22-14-24-20(12-16(22)3)26(18-10-8-9-11-19(18)27(30)31-5)21-13-17(4)23(29-7-2)15-25(21)32-24/h8-15,28H,6-7H2,1-5H3. The maximum absolute atomic E-state index is 12.6. The van der Waals surface area contributed by atoms with Crippen LogP contribution in [0, 0.1) is 13.8 Å².